The first-order valence-corrected chi connectivity index (χ1v) is 12.0. The fourth-order valence-corrected chi connectivity index (χ4v) is 5.24. The predicted molar refractivity (Wildman–Crippen MR) is 98.5 cm³/mol. The smallest absolute Gasteiger partial charge is 0.191 e. The van der Waals surface area contributed by atoms with Gasteiger partial charge in [-0.3, -0.25) is 0 Å². The highest BCUT2D eigenvalue weighted by Gasteiger charge is 2.49. The molecule has 2 nitrogen and oxygen atoms in total. The first kappa shape index (κ1) is 17.2. The average molecular weight is 333 g/mol. The lowest BCUT2D eigenvalue weighted by Gasteiger charge is -2.50. The van der Waals surface area contributed by atoms with Gasteiger partial charge in [-0.2, -0.15) is 0 Å². The molecule has 1 N–H and O–H groups in total. The molecule has 1 fully saturated rings. The normalized spacial score (nSPS) is 30.3. The largest absolute Gasteiger partial charge is 0.417 e. The zero-order chi connectivity index (χ0) is 16.9. The lowest BCUT2D eigenvalue weighted by molar-refractivity contribution is -0.0491. The van der Waals surface area contributed by atoms with E-state index in [0.29, 0.717) is 18.4 Å². The van der Waals surface area contributed by atoms with Crippen LogP contribution in [0, 0.1) is 0 Å². The van der Waals surface area contributed by atoms with Crippen LogP contribution < -0.4 is 0 Å². The molecule has 0 heterocycles. The van der Waals surface area contributed by atoms with Crippen LogP contribution in [0.2, 0.25) is 18.1 Å². The second-order valence-electron chi connectivity index (χ2n) is 9.12. The van der Waals surface area contributed by atoms with Crippen LogP contribution in [-0.4, -0.2) is 25.6 Å². The summed E-state index contributed by atoms with van der Waals surface area (Å²) in [5, 5.41) is 11.6. The van der Waals surface area contributed by atoms with Crippen LogP contribution in [0.3, 0.4) is 0 Å². The van der Waals surface area contributed by atoms with E-state index in [2.05, 4.69) is 58.1 Å². The van der Waals surface area contributed by atoms with Gasteiger partial charge in [0.15, 0.2) is 8.32 Å². The van der Waals surface area contributed by atoms with E-state index >= 15 is 0 Å². The maximum Gasteiger partial charge on any atom is 0.191 e. The maximum absolute atomic E-state index is 11.3. The van der Waals surface area contributed by atoms with Crippen LogP contribution in [0.4, 0.5) is 0 Å². The van der Waals surface area contributed by atoms with E-state index in [9.17, 15) is 5.11 Å². The zero-order valence-corrected chi connectivity index (χ0v) is 16.4. The minimum Gasteiger partial charge on any atom is -0.417 e. The van der Waals surface area contributed by atoms with Gasteiger partial charge < -0.3 is 9.53 Å². The molecule has 0 spiro atoms. The summed E-state index contributed by atoms with van der Waals surface area (Å²) in [5.41, 5.74) is 2.31. The molecule has 3 aliphatic rings. The Bertz CT molecular complexity index is 575. The Kier molecular flexibility index (Phi) is 4.27. The van der Waals surface area contributed by atoms with Crippen molar-refractivity contribution >= 4 is 8.32 Å². The van der Waals surface area contributed by atoms with Gasteiger partial charge in [0, 0.05) is 12.5 Å². The van der Waals surface area contributed by atoms with E-state index in [1.807, 2.05) is 0 Å². The summed E-state index contributed by atoms with van der Waals surface area (Å²) in [4.78, 5) is 0. The van der Waals surface area contributed by atoms with Gasteiger partial charge in [-0.1, -0.05) is 45.0 Å². The van der Waals surface area contributed by atoms with Crippen molar-refractivity contribution in [1.82, 2.24) is 0 Å². The summed E-state index contributed by atoms with van der Waals surface area (Å²) in [6.07, 6.45) is 4.04. The second kappa shape index (κ2) is 5.71. The SMILES string of the molecule is CC(C)(C)[Si](C)(C)OCCC1(O)CC2CCC1c1ccccc12. The number of hydrogen-bond acceptors (Lipinski definition) is 2. The van der Waals surface area contributed by atoms with Gasteiger partial charge in [-0.15, -0.1) is 0 Å². The van der Waals surface area contributed by atoms with E-state index < -0.39 is 13.9 Å². The summed E-state index contributed by atoms with van der Waals surface area (Å²) >= 11 is 0. The molecule has 1 aromatic carbocycles. The molecular formula is C20H32O2Si. The first-order chi connectivity index (χ1) is 10.6. The summed E-state index contributed by atoms with van der Waals surface area (Å²) < 4.78 is 6.34. The summed E-state index contributed by atoms with van der Waals surface area (Å²) in [6.45, 7) is 12.1. The van der Waals surface area contributed by atoms with Crippen LogP contribution in [0.5, 0.6) is 0 Å². The Morgan fingerprint density at radius 3 is 2.48 bits per heavy atom. The minimum absolute atomic E-state index is 0.230. The maximum atomic E-state index is 11.3. The molecule has 4 rings (SSSR count). The van der Waals surface area contributed by atoms with Crippen molar-refractivity contribution < 1.29 is 9.53 Å². The lowest BCUT2D eigenvalue weighted by atomic mass is 9.58. The molecule has 3 atom stereocenters. The monoisotopic (exact) mass is 332 g/mol. The highest BCUT2D eigenvalue weighted by atomic mass is 28.4. The first-order valence-electron chi connectivity index (χ1n) is 9.09. The molecule has 0 aromatic heterocycles. The molecule has 3 unspecified atom stereocenters. The third-order valence-corrected chi connectivity index (χ3v) is 11.2. The van der Waals surface area contributed by atoms with Crippen LogP contribution in [0.25, 0.3) is 0 Å². The standard InChI is InChI=1S/C20H32O2Si/c1-19(2,3)23(4,5)22-13-12-20(21)14-15-10-11-18(20)17-9-7-6-8-16(15)17/h6-9,15,18,21H,10-14H2,1-5H3. The Morgan fingerprint density at radius 2 is 1.83 bits per heavy atom. The third-order valence-electron chi connectivity index (χ3n) is 6.67. The van der Waals surface area contributed by atoms with E-state index in [-0.39, 0.29) is 5.04 Å². The second-order valence-corrected chi connectivity index (χ2v) is 13.9. The Labute approximate surface area is 142 Å². The van der Waals surface area contributed by atoms with Gasteiger partial charge in [0.2, 0.25) is 0 Å². The van der Waals surface area contributed by atoms with Crippen molar-refractivity contribution in [3.63, 3.8) is 0 Å². The van der Waals surface area contributed by atoms with Crippen LogP contribution >= 0.6 is 0 Å². The molecule has 0 aliphatic heterocycles. The van der Waals surface area contributed by atoms with Crippen molar-refractivity contribution in [2.45, 2.75) is 82.0 Å². The zero-order valence-electron chi connectivity index (χ0n) is 15.4. The van der Waals surface area contributed by atoms with Crippen molar-refractivity contribution in [2.75, 3.05) is 6.61 Å². The van der Waals surface area contributed by atoms with Crippen molar-refractivity contribution in [3.05, 3.63) is 35.4 Å². The van der Waals surface area contributed by atoms with Crippen molar-refractivity contribution in [3.8, 4) is 0 Å². The number of aliphatic hydroxyl groups is 1. The Morgan fingerprint density at radius 1 is 1.17 bits per heavy atom. The minimum atomic E-state index is -1.73. The number of fused-ring (bicyclic) bond motifs is 2. The molecular weight excluding hydrogens is 300 g/mol. The quantitative estimate of drug-likeness (QED) is 0.768. The predicted octanol–water partition coefficient (Wildman–Crippen LogP) is 5.19. The van der Waals surface area contributed by atoms with E-state index in [0.717, 1.165) is 19.3 Å². The van der Waals surface area contributed by atoms with Crippen molar-refractivity contribution in [1.29, 1.82) is 0 Å². The van der Waals surface area contributed by atoms with E-state index in [1.54, 1.807) is 0 Å². The van der Waals surface area contributed by atoms with E-state index in [1.165, 1.54) is 17.5 Å². The van der Waals surface area contributed by atoms with Crippen molar-refractivity contribution in [2.24, 2.45) is 0 Å². The fourth-order valence-electron chi connectivity index (χ4n) is 4.19. The number of benzene rings is 1. The highest BCUT2D eigenvalue weighted by molar-refractivity contribution is 6.74. The summed E-state index contributed by atoms with van der Waals surface area (Å²) in [5.74, 6) is 0.834. The molecule has 128 valence electrons. The lowest BCUT2D eigenvalue weighted by Crippen LogP contribution is -2.48. The molecule has 0 radical (unpaired) electrons. The average Bonchev–Trinajstić information content (AvgIpc) is 2.46. The van der Waals surface area contributed by atoms with Gasteiger partial charge in [0.1, 0.15) is 0 Å². The third kappa shape index (κ3) is 3.03. The topological polar surface area (TPSA) is 29.5 Å². The molecule has 0 saturated heterocycles. The van der Waals surface area contributed by atoms with Crippen LogP contribution in [0.1, 0.15) is 69.4 Å². The van der Waals surface area contributed by atoms with Crippen LogP contribution in [-0.2, 0) is 4.43 Å². The molecule has 1 aromatic rings. The summed E-state index contributed by atoms with van der Waals surface area (Å²) in [7, 11) is -1.73. The van der Waals surface area contributed by atoms with Gasteiger partial charge in [0.25, 0.3) is 0 Å². The number of hydrogen-bond donors (Lipinski definition) is 1. The van der Waals surface area contributed by atoms with Crippen LogP contribution in [0.15, 0.2) is 24.3 Å². The van der Waals surface area contributed by atoms with E-state index in [4.69, 9.17) is 4.43 Å². The molecule has 2 bridgehead atoms. The fraction of sp³-hybridized carbons (Fsp3) is 0.700. The molecule has 3 aliphatic carbocycles. The molecule has 1 saturated carbocycles. The Balaban J connectivity index is 1.70. The molecule has 3 heteroatoms. The molecule has 23 heavy (non-hydrogen) atoms. The van der Waals surface area contributed by atoms with Gasteiger partial charge in [-0.25, -0.2) is 0 Å². The van der Waals surface area contributed by atoms with Gasteiger partial charge in [-0.05, 0) is 60.9 Å². The molecule has 0 amide bonds. The Hall–Kier alpha value is -0.643. The highest BCUT2D eigenvalue weighted by Crippen LogP contribution is 2.55. The summed E-state index contributed by atoms with van der Waals surface area (Å²) in [6, 6.07) is 8.74. The van der Waals surface area contributed by atoms with Gasteiger partial charge >= 0.3 is 0 Å². The number of rotatable bonds is 4. The van der Waals surface area contributed by atoms with Gasteiger partial charge in [0.05, 0.1) is 5.60 Å².